The van der Waals surface area contributed by atoms with E-state index in [9.17, 15) is 19.3 Å². The van der Waals surface area contributed by atoms with E-state index in [-0.39, 0.29) is 11.4 Å². The Morgan fingerprint density at radius 3 is 2.70 bits per heavy atom. The Kier molecular flexibility index (Phi) is 3.96. The fourth-order valence-corrected chi connectivity index (χ4v) is 1.93. The molecule has 0 unspecified atom stereocenters. The highest BCUT2D eigenvalue weighted by atomic mass is 19.1. The lowest BCUT2D eigenvalue weighted by Crippen LogP contribution is -2.54. The molecule has 1 aromatic carbocycles. The second kappa shape index (κ2) is 5.51. The van der Waals surface area contributed by atoms with Crippen molar-refractivity contribution in [1.82, 2.24) is 0 Å². The normalized spacial score (nSPS) is 17.5. The van der Waals surface area contributed by atoms with Gasteiger partial charge in [-0.05, 0) is 18.9 Å². The van der Waals surface area contributed by atoms with Gasteiger partial charge >= 0.3 is 0 Å². The van der Waals surface area contributed by atoms with Crippen molar-refractivity contribution < 1.29 is 18.8 Å². The fraction of sp³-hybridized carbons (Fsp3) is 0.417. The van der Waals surface area contributed by atoms with Gasteiger partial charge in [-0.25, -0.2) is 4.39 Å². The summed E-state index contributed by atoms with van der Waals surface area (Å²) in [6, 6.07) is 2.93. The van der Waals surface area contributed by atoms with E-state index in [4.69, 9.17) is 10.5 Å². The monoisotopic (exact) mass is 283 g/mol. The summed E-state index contributed by atoms with van der Waals surface area (Å²) in [5.74, 6) is -1.32. The van der Waals surface area contributed by atoms with Crippen molar-refractivity contribution in [3.05, 3.63) is 34.1 Å². The number of nitro benzene ring substituents is 1. The molecule has 1 heterocycles. The molecule has 0 aliphatic carbocycles. The van der Waals surface area contributed by atoms with E-state index in [1.165, 1.54) is 0 Å². The highest BCUT2D eigenvalue weighted by molar-refractivity contribution is 5.98. The fourth-order valence-electron chi connectivity index (χ4n) is 1.93. The average Bonchev–Trinajstić information content (AvgIpc) is 2.41. The number of hydrogen-bond donors (Lipinski definition) is 2. The van der Waals surface area contributed by atoms with Gasteiger partial charge in [-0.1, -0.05) is 0 Å². The van der Waals surface area contributed by atoms with Gasteiger partial charge in [0.1, 0.15) is 11.4 Å². The maximum Gasteiger partial charge on any atom is 0.271 e. The molecule has 7 nitrogen and oxygen atoms in total. The molecule has 108 valence electrons. The van der Waals surface area contributed by atoms with Crippen molar-refractivity contribution in [1.29, 1.82) is 0 Å². The molecule has 3 N–H and O–H groups in total. The summed E-state index contributed by atoms with van der Waals surface area (Å²) in [5, 5.41) is 13.0. The molecular formula is C12H14FN3O4. The second-order valence-corrected chi connectivity index (χ2v) is 4.64. The number of nitro groups is 1. The number of hydrogen-bond acceptors (Lipinski definition) is 5. The van der Waals surface area contributed by atoms with E-state index < -0.39 is 22.2 Å². The third-order valence-corrected chi connectivity index (χ3v) is 3.25. The SMILES string of the molecule is NC1(C(=O)Nc2cc([N+](=O)[O-])ccc2F)CCOCC1. The average molecular weight is 283 g/mol. The van der Waals surface area contributed by atoms with Gasteiger partial charge in [-0.2, -0.15) is 0 Å². The van der Waals surface area contributed by atoms with Crippen LogP contribution in [0.5, 0.6) is 0 Å². The Balaban J connectivity index is 2.18. The number of non-ortho nitro benzene ring substituents is 1. The Hall–Kier alpha value is -2.06. The topological polar surface area (TPSA) is 107 Å². The molecule has 20 heavy (non-hydrogen) atoms. The summed E-state index contributed by atoms with van der Waals surface area (Å²) in [4.78, 5) is 22.1. The number of benzene rings is 1. The molecule has 0 atom stereocenters. The smallest absolute Gasteiger partial charge is 0.271 e. The minimum atomic E-state index is -1.14. The van der Waals surface area contributed by atoms with Gasteiger partial charge in [0.05, 0.1) is 10.6 Å². The van der Waals surface area contributed by atoms with Crippen molar-refractivity contribution in [2.75, 3.05) is 18.5 Å². The number of amides is 1. The van der Waals surface area contributed by atoms with Gasteiger partial charge in [-0.3, -0.25) is 14.9 Å². The highest BCUT2D eigenvalue weighted by Gasteiger charge is 2.36. The molecule has 1 amide bonds. The number of nitrogens with one attached hydrogen (secondary N) is 1. The van der Waals surface area contributed by atoms with Crippen LogP contribution >= 0.6 is 0 Å². The summed E-state index contributed by atoms with van der Waals surface area (Å²) in [6.07, 6.45) is 0.630. The number of nitrogens with zero attached hydrogens (tertiary/aromatic N) is 1. The van der Waals surface area contributed by atoms with E-state index in [1.54, 1.807) is 0 Å². The Morgan fingerprint density at radius 2 is 2.10 bits per heavy atom. The van der Waals surface area contributed by atoms with Crippen LogP contribution in [-0.4, -0.2) is 29.6 Å². The molecule has 0 spiro atoms. The zero-order valence-corrected chi connectivity index (χ0v) is 10.6. The van der Waals surface area contributed by atoms with Crippen LogP contribution in [0.2, 0.25) is 0 Å². The minimum Gasteiger partial charge on any atom is -0.381 e. The van der Waals surface area contributed by atoms with Crippen molar-refractivity contribution >= 4 is 17.3 Å². The molecule has 2 rings (SSSR count). The lowest BCUT2D eigenvalue weighted by Gasteiger charge is -2.31. The number of anilines is 1. The molecule has 0 saturated carbocycles. The molecule has 1 aliphatic heterocycles. The molecule has 1 aromatic rings. The number of rotatable bonds is 3. The standard InChI is InChI=1S/C12H14FN3O4/c13-9-2-1-8(16(18)19)7-10(9)15-11(17)12(14)3-5-20-6-4-12/h1-2,7H,3-6,14H2,(H,15,17). The Labute approximate surface area is 114 Å². The van der Waals surface area contributed by atoms with Gasteiger partial charge in [-0.15, -0.1) is 0 Å². The van der Waals surface area contributed by atoms with Crippen molar-refractivity contribution in [3.8, 4) is 0 Å². The first-order valence-electron chi connectivity index (χ1n) is 6.04. The van der Waals surface area contributed by atoms with E-state index in [0.29, 0.717) is 26.1 Å². The number of carbonyl (C=O) groups excluding carboxylic acids is 1. The van der Waals surface area contributed by atoms with Crippen LogP contribution in [0.4, 0.5) is 15.8 Å². The van der Waals surface area contributed by atoms with E-state index in [0.717, 1.165) is 18.2 Å². The van der Waals surface area contributed by atoms with Crippen LogP contribution in [-0.2, 0) is 9.53 Å². The van der Waals surface area contributed by atoms with Crippen LogP contribution in [0.25, 0.3) is 0 Å². The lowest BCUT2D eigenvalue weighted by atomic mass is 9.90. The van der Waals surface area contributed by atoms with Crippen LogP contribution in [0, 0.1) is 15.9 Å². The molecule has 0 radical (unpaired) electrons. The van der Waals surface area contributed by atoms with Crippen molar-refractivity contribution in [2.45, 2.75) is 18.4 Å². The van der Waals surface area contributed by atoms with Crippen molar-refractivity contribution in [2.24, 2.45) is 5.73 Å². The number of halogens is 1. The Bertz CT molecular complexity index is 544. The predicted octanol–water partition coefficient (Wildman–Crippen LogP) is 1.18. The number of carbonyl (C=O) groups is 1. The van der Waals surface area contributed by atoms with Gasteiger partial charge in [0.2, 0.25) is 5.91 Å². The number of nitrogens with two attached hydrogens (primary N) is 1. The summed E-state index contributed by atoms with van der Waals surface area (Å²) in [7, 11) is 0. The summed E-state index contributed by atoms with van der Waals surface area (Å²) in [5.41, 5.74) is 4.25. The molecule has 1 aliphatic rings. The maximum atomic E-state index is 13.6. The van der Waals surface area contributed by atoms with E-state index in [1.807, 2.05) is 0 Å². The first-order chi connectivity index (χ1) is 9.42. The van der Waals surface area contributed by atoms with Gasteiger partial charge in [0, 0.05) is 25.3 Å². The lowest BCUT2D eigenvalue weighted by molar-refractivity contribution is -0.384. The van der Waals surface area contributed by atoms with Gasteiger partial charge in [0.25, 0.3) is 5.69 Å². The molecule has 1 fully saturated rings. The highest BCUT2D eigenvalue weighted by Crippen LogP contribution is 2.24. The van der Waals surface area contributed by atoms with Crippen LogP contribution in [0.15, 0.2) is 18.2 Å². The molecule has 8 heteroatoms. The zero-order chi connectivity index (χ0) is 14.8. The third kappa shape index (κ3) is 2.91. The molecule has 0 bridgehead atoms. The maximum absolute atomic E-state index is 13.6. The summed E-state index contributed by atoms with van der Waals surface area (Å²) >= 11 is 0. The van der Waals surface area contributed by atoms with Crippen molar-refractivity contribution in [3.63, 3.8) is 0 Å². The van der Waals surface area contributed by atoms with Crippen LogP contribution in [0.1, 0.15) is 12.8 Å². The Morgan fingerprint density at radius 1 is 1.45 bits per heavy atom. The van der Waals surface area contributed by atoms with Gasteiger partial charge < -0.3 is 15.8 Å². The van der Waals surface area contributed by atoms with E-state index in [2.05, 4.69) is 5.32 Å². The third-order valence-electron chi connectivity index (χ3n) is 3.25. The van der Waals surface area contributed by atoms with Crippen LogP contribution < -0.4 is 11.1 Å². The van der Waals surface area contributed by atoms with Crippen LogP contribution in [0.3, 0.4) is 0 Å². The second-order valence-electron chi connectivity index (χ2n) is 4.64. The van der Waals surface area contributed by atoms with Gasteiger partial charge in [0.15, 0.2) is 0 Å². The molecule has 0 aromatic heterocycles. The summed E-state index contributed by atoms with van der Waals surface area (Å²) < 4.78 is 18.7. The summed E-state index contributed by atoms with van der Waals surface area (Å²) in [6.45, 7) is 0.697. The molecule has 1 saturated heterocycles. The minimum absolute atomic E-state index is 0.250. The predicted molar refractivity (Wildman–Crippen MR) is 68.7 cm³/mol. The quantitative estimate of drug-likeness (QED) is 0.639. The molecular weight excluding hydrogens is 269 g/mol. The largest absolute Gasteiger partial charge is 0.381 e. The number of ether oxygens (including phenoxy) is 1. The zero-order valence-electron chi connectivity index (χ0n) is 10.6. The van der Waals surface area contributed by atoms with E-state index >= 15 is 0 Å². The first-order valence-corrected chi connectivity index (χ1v) is 6.04. The first kappa shape index (κ1) is 14.4.